The van der Waals surface area contributed by atoms with Gasteiger partial charge in [0.15, 0.2) is 0 Å². The molecule has 0 radical (unpaired) electrons. The summed E-state index contributed by atoms with van der Waals surface area (Å²) in [6, 6.07) is 0. The molecular weight excluding hydrogens is 206 g/mol. The Hall–Kier alpha value is -0.0400. The highest BCUT2D eigenvalue weighted by Crippen LogP contribution is 2.61. The third-order valence-electron chi connectivity index (χ3n) is 6.12. The van der Waals surface area contributed by atoms with Crippen LogP contribution in [-0.4, -0.2) is 12.6 Å². The van der Waals surface area contributed by atoms with Gasteiger partial charge in [-0.1, -0.05) is 0 Å². The zero-order chi connectivity index (χ0) is 12.1. The monoisotopic (exact) mass is 235 g/mol. The van der Waals surface area contributed by atoms with Crippen LogP contribution in [0.4, 0.5) is 0 Å². The van der Waals surface area contributed by atoms with E-state index in [-0.39, 0.29) is 0 Å². The van der Waals surface area contributed by atoms with Crippen LogP contribution in [0.1, 0.15) is 65.2 Å². The molecule has 0 saturated heterocycles. The predicted molar refractivity (Wildman–Crippen MR) is 73.0 cm³/mol. The van der Waals surface area contributed by atoms with Gasteiger partial charge in [-0.2, -0.15) is 0 Å². The van der Waals surface area contributed by atoms with E-state index in [1.807, 2.05) is 0 Å². The minimum absolute atomic E-state index is 0.337. The molecule has 4 rings (SSSR count). The predicted octanol–water partition coefficient (Wildman–Crippen LogP) is 3.98. The van der Waals surface area contributed by atoms with Crippen molar-refractivity contribution in [2.45, 2.75) is 70.8 Å². The molecule has 4 aliphatic carbocycles. The van der Waals surface area contributed by atoms with Crippen LogP contribution in [0, 0.1) is 23.2 Å². The largest absolute Gasteiger partial charge is 0.315 e. The maximum Gasteiger partial charge on any atom is 0.0122 e. The third-order valence-corrected chi connectivity index (χ3v) is 6.12. The SMILES string of the molecule is CNC(C)(C)CCC12CC3CC(CC(C3)C1)C2. The van der Waals surface area contributed by atoms with Crippen LogP contribution < -0.4 is 5.32 Å². The molecule has 0 aliphatic heterocycles. The average molecular weight is 235 g/mol. The molecule has 0 aromatic carbocycles. The van der Waals surface area contributed by atoms with E-state index in [0.29, 0.717) is 5.54 Å². The van der Waals surface area contributed by atoms with E-state index in [2.05, 4.69) is 26.2 Å². The number of nitrogens with one attached hydrogen (secondary N) is 1. The molecule has 4 saturated carbocycles. The summed E-state index contributed by atoms with van der Waals surface area (Å²) < 4.78 is 0. The minimum atomic E-state index is 0.337. The lowest BCUT2D eigenvalue weighted by Crippen LogP contribution is -2.47. The van der Waals surface area contributed by atoms with E-state index in [9.17, 15) is 0 Å². The Morgan fingerprint density at radius 1 is 1.00 bits per heavy atom. The Balaban J connectivity index is 1.66. The van der Waals surface area contributed by atoms with Crippen molar-refractivity contribution in [1.29, 1.82) is 0 Å². The lowest BCUT2D eigenvalue weighted by atomic mass is 9.48. The van der Waals surface area contributed by atoms with Crippen molar-refractivity contribution in [3.8, 4) is 0 Å². The summed E-state index contributed by atoms with van der Waals surface area (Å²) in [5.41, 5.74) is 1.10. The minimum Gasteiger partial charge on any atom is -0.315 e. The maximum absolute atomic E-state index is 3.47. The van der Waals surface area contributed by atoms with Gasteiger partial charge in [0.2, 0.25) is 0 Å². The standard InChI is InChI=1S/C16H29N/c1-15(2,17-3)4-5-16-9-12-6-13(10-16)8-14(7-12)11-16/h12-14,17H,4-11H2,1-3H3. The smallest absolute Gasteiger partial charge is 0.0122 e. The molecule has 1 heteroatoms. The molecule has 0 unspecified atom stereocenters. The highest BCUT2D eigenvalue weighted by Gasteiger charge is 2.50. The van der Waals surface area contributed by atoms with Gasteiger partial charge < -0.3 is 5.32 Å². The molecular formula is C16H29N. The van der Waals surface area contributed by atoms with E-state index in [0.717, 1.165) is 23.2 Å². The Kier molecular flexibility index (Phi) is 2.81. The molecule has 4 bridgehead atoms. The zero-order valence-electron chi connectivity index (χ0n) is 11.9. The van der Waals surface area contributed by atoms with Crippen LogP contribution in [0.15, 0.2) is 0 Å². The van der Waals surface area contributed by atoms with Crippen LogP contribution in [0.25, 0.3) is 0 Å². The molecule has 17 heavy (non-hydrogen) atoms. The van der Waals surface area contributed by atoms with Crippen LogP contribution in [-0.2, 0) is 0 Å². The highest BCUT2D eigenvalue weighted by molar-refractivity contribution is 5.02. The Morgan fingerprint density at radius 2 is 1.47 bits per heavy atom. The quantitative estimate of drug-likeness (QED) is 0.777. The number of hydrogen-bond acceptors (Lipinski definition) is 1. The van der Waals surface area contributed by atoms with Crippen LogP contribution in [0.3, 0.4) is 0 Å². The van der Waals surface area contributed by atoms with Crippen LogP contribution >= 0.6 is 0 Å². The lowest BCUT2D eigenvalue weighted by molar-refractivity contribution is -0.0606. The molecule has 0 spiro atoms. The third kappa shape index (κ3) is 2.28. The fraction of sp³-hybridized carbons (Fsp3) is 1.00. The number of rotatable bonds is 4. The van der Waals surface area contributed by atoms with Gasteiger partial charge in [0, 0.05) is 5.54 Å². The van der Waals surface area contributed by atoms with Crippen molar-refractivity contribution in [1.82, 2.24) is 5.32 Å². The van der Waals surface area contributed by atoms with E-state index in [1.54, 1.807) is 38.5 Å². The van der Waals surface area contributed by atoms with Crippen LogP contribution in [0.5, 0.6) is 0 Å². The first kappa shape index (κ1) is 12.0. The average Bonchev–Trinajstić information content (AvgIpc) is 2.25. The Labute approximate surface area is 107 Å². The maximum atomic E-state index is 3.47. The lowest BCUT2D eigenvalue weighted by Gasteiger charge is -2.57. The molecule has 0 aromatic heterocycles. The van der Waals surface area contributed by atoms with E-state index >= 15 is 0 Å². The second-order valence-corrected chi connectivity index (χ2v) is 8.05. The van der Waals surface area contributed by atoms with Crippen molar-refractivity contribution in [2.24, 2.45) is 23.2 Å². The molecule has 4 aliphatic rings. The molecule has 0 aromatic rings. The van der Waals surface area contributed by atoms with Crippen molar-refractivity contribution < 1.29 is 0 Å². The van der Waals surface area contributed by atoms with E-state index in [1.165, 1.54) is 12.8 Å². The van der Waals surface area contributed by atoms with Crippen molar-refractivity contribution in [3.63, 3.8) is 0 Å². The van der Waals surface area contributed by atoms with Gasteiger partial charge in [0.1, 0.15) is 0 Å². The fourth-order valence-corrected chi connectivity index (χ4v) is 5.30. The number of hydrogen-bond donors (Lipinski definition) is 1. The molecule has 1 nitrogen and oxygen atoms in total. The van der Waals surface area contributed by atoms with Gasteiger partial charge in [-0.25, -0.2) is 0 Å². The van der Waals surface area contributed by atoms with E-state index in [4.69, 9.17) is 0 Å². The van der Waals surface area contributed by atoms with Crippen molar-refractivity contribution >= 4 is 0 Å². The summed E-state index contributed by atoms with van der Waals surface area (Å²) in [5.74, 6) is 3.33. The second kappa shape index (κ2) is 3.98. The Bertz CT molecular complexity index is 257. The van der Waals surface area contributed by atoms with Gasteiger partial charge in [0.05, 0.1) is 0 Å². The molecule has 0 heterocycles. The summed E-state index contributed by atoms with van der Waals surface area (Å²) in [4.78, 5) is 0. The van der Waals surface area contributed by atoms with Crippen molar-refractivity contribution in [3.05, 3.63) is 0 Å². The highest BCUT2D eigenvalue weighted by atomic mass is 14.9. The van der Waals surface area contributed by atoms with Gasteiger partial charge in [-0.15, -0.1) is 0 Å². The molecule has 0 amide bonds. The summed E-state index contributed by atoms with van der Waals surface area (Å²) in [6.07, 6.45) is 12.3. The molecule has 98 valence electrons. The van der Waals surface area contributed by atoms with Gasteiger partial charge in [-0.05, 0) is 95.4 Å². The van der Waals surface area contributed by atoms with Gasteiger partial charge in [0.25, 0.3) is 0 Å². The Morgan fingerprint density at radius 3 is 1.88 bits per heavy atom. The molecule has 4 fully saturated rings. The topological polar surface area (TPSA) is 12.0 Å². The van der Waals surface area contributed by atoms with Crippen LogP contribution in [0.2, 0.25) is 0 Å². The summed E-state index contributed by atoms with van der Waals surface area (Å²) in [5, 5.41) is 3.47. The summed E-state index contributed by atoms with van der Waals surface area (Å²) >= 11 is 0. The zero-order valence-corrected chi connectivity index (χ0v) is 11.9. The molecule has 0 atom stereocenters. The first-order valence-electron chi connectivity index (χ1n) is 7.69. The van der Waals surface area contributed by atoms with Gasteiger partial charge in [-0.3, -0.25) is 0 Å². The first-order valence-corrected chi connectivity index (χ1v) is 7.69. The van der Waals surface area contributed by atoms with E-state index < -0.39 is 0 Å². The van der Waals surface area contributed by atoms with Gasteiger partial charge >= 0.3 is 0 Å². The first-order chi connectivity index (χ1) is 8.00. The fourth-order valence-electron chi connectivity index (χ4n) is 5.30. The van der Waals surface area contributed by atoms with Crippen molar-refractivity contribution in [2.75, 3.05) is 7.05 Å². The molecule has 1 N–H and O–H groups in total. The normalized spacial score (nSPS) is 44.3. The second-order valence-electron chi connectivity index (χ2n) is 8.05. The summed E-state index contributed by atoms with van der Waals surface area (Å²) in [6.45, 7) is 4.71. The summed E-state index contributed by atoms with van der Waals surface area (Å²) in [7, 11) is 2.11.